The third-order valence-electron chi connectivity index (χ3n) is 4.27. The third-order valence-corrected chi connectivity index (χ3v) is 4.27. The molecule has 1 amide bonds. The van der Waals surface area contributed by atoms with Crippen LogP contribution in [0.15, 0.2) is 48.5 Å². The van der Waals surface area contributed by atoms with Gasteiger partial charge in [0.25, 0.3) is 5.91 Å². The van der Waals surface area contributed by atoms with Crippen molar-refractivity contribution >= 4 is 11.9 Å². The zero-order valence-electron chi connectivity index (χ0n) is 14.9. The zero-order valence-corrected chi connectivity index (χ0v) is 14.9. The number of hydrogen-bond donors (Lipinski definition) is 1. The van der Waals surface area contributed by atoms with E-state index in [2.05, 4.69) is 0 Å². The molecule has 0 saturated carbocycles. The number of carbonyl (C=O) groups excluding carboxylic acids is 1. The molecule has 0 heterocycles. The highest BCUT2D eigenvalue weighted by Crippen LogP contribution is 2.30. The first-order chi connectivity index (χ1) is 11.8. The van der Waals surface area contributed by atoms with Crippen molar-refractivity contribution in [1.29, 1.82) is 0 Å². The molecule has 2 aromatic carbocycles. The SMILES string of the molecule is CCOc1ccccc1-c1cccc(C(=O)N(C)C(C)(C)C(=O)O)c1. The van der Waals surface area contributed by atoms with E-state index in [1.54, 1.807) is 18.2 Å². The lowest BCUT2D eigenvalue weighted by molar-refractivity contribution is -0.147. The number of carbonyl (C=O) groups is 2. The van der Waals surface area contributed by atoms with Gasteiger partial charge >= 0.3 is 5.97 Å². The van der Waals surface area contributed by atoms with Crippen molar-refractivity contribution in [2.45, 2.75) is 26.3 Å². The first-order valence-corrected chi connectivity index (χ1v) is 8.12. The first kappa shape index (κ1) is 18.5. The number of aliphatic carboxylic acids is 1. The molecule has 25 heavy (non-hydrogen) atoms. The highest BCUT2D eigenvalue weighted by Gasteiger charge is 2.35. The number of amides is 1. The highest BCUT2D eigenvalue weighted by atomic mass is 16.5. The van der Waals surface area contributed by atoms with Gasteiger partial charge in [-0.1, -0.05) is 30.3 Å². The van der Waals surface area contributed by atoms with Crippen LogP contribution in [0.2, 0.25) is 0 Å². The number of para-hydroxylation sites is 1. The lowest BCUT2D eigenvalue weighted by Gasteiger charge is -2.31. The van der Waals surface area contributed by atoms with E-state index in [0.717, 1.165) is 16.9 Å². The van der Waals surface area contributed by atoms with Gasteiger partial charge in [0.15, 0.2) is 0 Å². The second kappa shape index (κ2) is 7.38. The molecule has 2 aromatic rings. The minimum Gasteiger partial charge on any atom is -0.493 e. The monoisotopic (exact) mass is 341 g/mol. The summed E-state index contributed by atoms with van der Waals surface area (Å²) in [7, 11) is 1.50. The van der Waals surface area contributed by atoms with Crippen LogP contribution in [-0.2, 0) is 4.79 Å². The van der Waals surface area contributed by atoms with Crippen molar-refractivity contribution in [1.82, 2.24) is 4.90 Å². The Bertz CT molecular complexity index is 783. The third kappa shape index (κ3) is 3.82. The average molecular weight is 341 g/mol. The van der Waals surface area contributed by atoms with Gasteiger partial charge in [-0.05, 0) is 44.5 Å². The zero-order chi connectivity index (χ0) is 18.6. The van der Waals surface area contributed by atoms with Crippen molar-refractivity contribution in [3.8, 4) is 16.9 Å². The number of carboxylic acid groups (broad SMARTS) is 1. The van der Waals surface area contributed by atoms with Crippen molar-refractivity contribution in [3.63, 3.8) is 0 Å². The van der Waals surface area contributed by atoms with Gasteiger partial charge in [-0.2, -0.15) is 0 Å². The van der Waals surface area contributed by atoms with Gasteiger partial charge in [-0.15, -0.1) is 0 Å². The van der Waals surface area contributed by atoms with Crippen molar-refractivity contribution in [2.75, 3.05) is 13.7 Å². The number of carboxylic acids is 1. The van der Waals surface area contributed by atoms with Gasteiger partial charge in [0.1, 0.15) is 11.3 Å². The summed E-state index contributed by atoms with van der Waals surface area (Å²) in [5.41, 5.74) is 0.868. The standard InChI is InChI=1S/C20H23NO4/c1-5-25-17-12-7-6-11-16(17)14-9-8-10-15(13-14)18(22)21(4)20(2,3)19(23)24/h6-13H,5H2,1-4H3,(H,23,24). The van der Waals surface area contributed by atoms with Crippen molar-refractivity contribution in [2.24, 2.45) is 0 Å². The number of hydrogen-bond acceptors (Lipinski definition) is 3. The lowest BCUT2D eigenvalue weighted by atomic mass is 9.99. The Balaban J connectivity index is 2.40. The normalized spacial score (nSPS) is 11.0. The average Bonchev–Trinajstić information content (AvgIpc) is 2.61. The summed E-state index contributed by atoms with van der Waals surface area (Å²) >= 11 is 0. The summed E-state index contributed by atoms with van der Waals surface area (Å²) in [5.74, 6) is -0.654. The van der Waals surface area contributed by atoms with Gasteiger partial charge in [0.05, 0.1) is 6.61 Å². The Labute approximate surface area is 147 Å². The maximum Gasteiger partial charge on any atom is 0.329 e. The lowest BCUT2D eigenvalue weighted by Crippen LogP contribution is -2.50. The summed E-state index contributed by atoms with van der Waals surface area (Å²) < 4.78 is 5.65. The Hall–Kier alpha value is -2.82. The van der Waals surface area contributed by atoms with E-state index in [4.69, 9.17) is 4.74 Å². The summed E-state index contributed by atoms with van der Waals surface area (Å²) in [6, 6.07) is 14.7. The largest absolute Gasteiger partial charge is 0.493 e. The second-order valence-corrected chi connectivity index (χ2v) is 6.24. The molecule has 0 fully saturated rings. The molecule has 0 radical (unpaired) electrons. The smallest absolute Gasteiger partial charge is 0.329 e. The van der Waals surface area contributed by atoms with Gasteiger partial charge < -0.3 is 14.7 Å². The van der Waals surface area contributed by atoms with Gasteiger partial charge in [-0.25, -0.2) is 4.79 Å². The van der Waals surface area contributed by atoms with E-state index < -0.39 is 11.5 Å². The summed E-state index contributed by atoms with van der Waals surface area (Å²) in [5, 5.41) is 9.33. The molecule has 2 rings (SSSR count). The molecule has 0 aromatic heterocycles. The second-order valence-electron chi connectivity index (χ2n) is 6.24. The Kier molecular flexibility index (Phi) is 5.47. The van der Waals surface area contributed by atoms with E-state index >= 15 is 0 Å². The molecule has 0 aliphatic carbocycles. The first-order valence-electron chi connectivity index (χ1n) is 8.12. The molecular formula is C20H23NO4. The molecule has 0 spiro atoms. The molecular weight excluding hydrogens is 318 g/mol. The van der Waals surface area contributed by atoms with Crippen LogP contribution in [0.3, 0.4) is 0 Å². The molecule has 0 atom stereocenters. The van der Waals surface area contributed by atoms with Crippen LogP contribution in [0.1, 0.15) is 31.1 Å². The van der Waals surface area contributed by atoms with Crippen LogP contribution in [0.25, 0.3) is 11.1 Å². The minimum atomic E-state index is -1.30. The molecule has 0 saturated heterocycles. The molecule has 5 nitrogen and oxygen atoms in total. The predicted molar refractivity (Wildman–Crippen MR) is 96.9 cm³/mol. The number of likely N-dealkylation sites (N-methyl/N-ethyl adjacent to an activating group) is 1. The molecule has 0 bridgehead atoms. The molecule has 0 aliphatic heterocycles. The van der Waals surface area contributed by atoms with Crippen LogP contribution >= 0.6 is 0 Å². The number of nitrogens with zero attached hydrogens (tertiary/aromatic N) is 1. The Morgan fingerprint density at radius 3 is 2.44 bits per heavy atom. The summed E-state index contributed by atoms with van der Waals surface area (Å²) in [6.45, 7) is 5.47. The fourth-order valence-electron chi connectivity index (χ4n) is 2.40. The fraction of sp³-hybridized carbons (Fsp3) is 0.300. The van der Waals surface area contributed by atoms with Crippen molar-refractivity contribution in [3.05, 3.63) is 54.1 Å². The molecule has 1 N–H and O–H groups in total. The molecule has 132 valence electrons. The van der Waals surface area contributed by atoms with Crippen molar-refractivity contribution < 1.29 is 19.4 Å². The Morgan fingerprint density at radius 1 is 1.12 bits per heavy atom. The summed E-state index contributed by atoms with van der Waals surface area (Å²) in [4.78, 5) is 25.4. The maximum absolute atomic E-state index is 12.7. The van der Waals surface area contributed by atoms with Crippen LogP contribution in [0, 0.1) is 0 Å². The van der Waals surface area contributed by atoms with Gasteiger partial charge in [0.2, 0.25) is 0 Å². The van der Waals surface area contributed by atoms with Crippen LogP contribution < -0.4 is 4.74 Å². The predicted octanol–water partition coefficient (Wildman–Crippen LogP) is 3.69. The van der Waals surface area contributed by atoms with Gasteiger partial charge in [-0.3, -0.25) is 4.79 Å². The fourth-order valence-corrected chi connectivity index (χ4v) is 2.40. The molecule has 0 aliphatic rings. The van der Waals surface area contributed by atoms with Crippen LogP contribution in [0.5, 0.6) is 5.75 Å². The van der Waals surface area contributed by atoms with Gasteiger partial charge in [0, 0.05) is 18.2 Å². The Morgan fingerprint density at radius 2 is 1.80 bits per heavy atom. The van der Waals surface area contributed by atoms with Crippen LogP contribution in [0.4, 0.5) is 0 Å². The van der Waals surface area contributed by atoms with E-state index in [-0.39, 0.29) is 5.91 Å². The summed E-state index contributed by atoms with van der Waals surface area (Å²) in [6.07, 6.45) is 0. The minimum absolute atomic E-state index is 0.344. The highest BCUT2D eigenvalue weighted by molar-refractivity contribution is 5.98. The van der Waals surface area contributed by atoms with E-state index in [1.807, 2.05) is 37.3 Å². The molecule has 5 heteroatoms. The maximum atomic E-state index is 12.7. The number of rotatable bonds is 6. The van der Waals surface area contributed by atoms with E-state index in [1.165, 1.54) is 25.8 Å². The number of ether oxygens (including phenoxy) is 1. The van der Waals surface area contributed by atoms with E-state index in [0.29, 0.717) is 12.2 Å². The number of benzene rings is 2. The quantitative estimate of drug-likeness (QED) is 0.870. The topological polar surface area (TPSA) is 66.8 Å². The van der Waals surface area contributed by atoms with E-state index in [9.17, 15) is 14.7 Å². The molecule has 0 unspecified atom stereocenters. The van der Waals surface area contributed by atoms with Crippen LogP contribution in [-0.4, -0.2) is 41.1 Å².